The molecule has 7 nitrogen and oxygen atoms in total. The molecule has 0 aliphatic carbocycles. The lowest BCUT2D eigenvalue weighted by molar-refractivity contribution is -0.113. The van der Waals surface area contributed by atoms with Gasteiger partial charge in [-0.15, -0.1) is 21.5 Å². The average Bonchev–Trinajstić information content (AvgIpc) is 3.61. The van der Waals surface area contributed by atoms with E-state index in [1.54, 1.807) is 30.7 Å². The molecule has 5 rings (SSSR count). The molecule has 0 bridgehead atoms. The summed E-state index contributed by atoms with van der Waals surface area (Å²) in [5.74, 6) is 1.10. The third-order valence-electron chi connectivity index (χ3n) is 4.90. The maximum Gasteiger partial charge on any atom is 0.236 e. The van der Waals surface area contributed by atoms with Crippen molar-refractivity contribution in [3.8, 4) is 17.3 Å². The van der Waals surface area contributed by atoms with Crippen LogP contribution in [0.5, 0.6) is 0 Å². The molecule has 5 aromatic rings. The smallest absolute Gasteiger partial charge is 0.236 e. The van der Waals surface area contributed by atoms with Crippen LogP contribution in [0.25, 0.3) is 17.3 Å². The van der Waals surface area contributed by atoms with Crippen molar-refractivity contribution in [2.24, 2.45) is 0 Å². The molecule has 0 saturated carbocycles. The Kier molecular flexibility index (Phi) is 7.19. The van der Waals surface area contributed by atoms with Gasteiger partial charge in [0.1, 0.15) is 0 Å². The number of amides is 1. The fraction of sp³-hybridized carbons (Fsp3) is 0.0833. The van der Waals surface area contributed by atoms with Gasteiger partial charge >= 0.3 is 0 Å². The third-order valence-corrected chi connectivity index (χ3v) is 7.33. The first-order valence-electron chi connectivity index (χ1n) is 10.4. The van der Waals surface area contributed by atoms with Crippen LogP contribution in [0.15, 0.2) is 82.7 Å². The van der Waals surface area contributed by atoms with Crippen LogP contribution >= 0.6 is 46.3 Å². The molecule has 3 aromatic heterocycles. The number of benzene rings is 2. The number of aromatic nitrogens is 4. The summed E-state index contributed by atoms with van der Waals surface area (Å²) in [7, 11) is 0. The fourth-order valence-electron chi connectivity index (χ4n) is 3.32. The Hall–Kier alpha value is -3.11. The molecule has 1 amide bonds. The minimum absolute atomic E-state index is 0.140. The van der Waals surface area contributed by atoms with Crippen LogP contribution in [0, 0.1) is 0 Å². The lowest BCUT2D eigenvalue weighted by Gasteiger charge is -2.08. The first-order valence-corrected chi connectivity index (χ1v) is 13.0. The SMILES string of the molecule is O=C(CSc1nnc(-c2ccco2)n1-c1ccccc1)Nc1ncc(Cc2ccc(Cl)cc2Cl)s1. The van der Waals surface area contributed by atoms with Gasteiger partial charge in [-0.2, -0.15) is 0 Å². The summed E-state index contributed by atoms with van der Waals surface area (Å²) in [5.41, 5.74) is 1.82. The van der Waals surface area contributed by atoms with Crippen molar-refractivity contribution in [1.29, 1.82) is 0 Å². The molecule has 0 aliphatic heterocycles. The van der Waals surface area contributed by atoms with Gasteiger partial charge in [0, 0.05) is 33.2 Å². The number of halogens is 2. The molecule has 0 spiro atoms. The van der Waals surface area contributed by atoms with Gasteiger partial charge in [-0.3, -0.25) is 9.36 Å². The van der Waals surface area contributed by atoms with E-state index in [2.05, 4.69) is 20.5 Å². The van der Waals surface area contributed by atoms with Crippen molar-refractivity contribution in [1.82, 2.24) is 19.7 Å². The maximum atomic E-state index is 12.7. The molecule has 3 heterocycles. The van der Waals surface area contributed by atoms with Gasteiger partial charge < -0.3 is 9.73 Å². The molecular weight excluding hydrogens is 525 g/mol. The summed E-state index contributed by atoms with van der Waals surface area (Å²) < 4.78 is 7.39. The van der Waals surface area contributed by atoms with Crippen LogP contribution in [0.3, 0.4) is 0 Å². The fourth-order valence-corrected chi connectivity index (χ4v) is 5.40. The van der Waals surface area contributed by atoms with Gasteiger partial charge in [0.2, 0.25) is 11.7 Å². The minimum Gasteiger partial charge on any atom is -0.461 e. The number of para-hydroxylation sites is 1. The number of anilines is 1. The average molecular weight is 542 g/mol. The molecule has 11 heteroatoms. The second kappa shape index (κ2) is 10.7. The second-order valence-electron chi connectivity index (χ2n) is 7.34. The number of nitrogens with one attached hydrogen (secondary N) is 1. The van der Waals surface area contributed by atoms with E-state index >= 15 is 0 Å². The predicted octanol–water partition coefficient (Wildman–Crippen LogP) is 6.61. The van der Waals surface area contributed by atoms with E-state index in [1.807, 2.05) is 47.0 Å². The van der Waals surface area contributed by atoms with Crippen molar-refractivity contribution in [3.05, 3.63) is 93.6 Å². The van der Waals surface area contributed by atoms with E-state index < -0.39 is 0 Å². The molecule has 0 saturated heterocycles. The molecule has 1 N–H and O–H groups in total. The molecule has 0 aliphatic rings. The number of furan rings is 1. The van der Waals surface area contributed by atoms with Crippen molar-refractivity contribution in [2.45, 2.75) is 11.6 Å². The number of thioether (sulfide) groups is 1. The zero-order chi connectivity index (χ0) is 24.2. The number of rotatable bonds is 8. The Labute approximate surface area is 219 Å². The van der Waals surface area contributed by atoms with Crippen molar-refractivity contribution in [2.75, 3.05) is 11.1 Å². The van der Waals surface area contributed by atoms with Crippen LogP contribution in [-0.2, 0) is 11.2 Å². The largest absolute Gasteiger partial charge is 0.461 e. The van der Waals surface area contributed by atoms with Crippen LogP contribution in [0.4, 0.5) is 5.13 Å². The van der Waals surface area contributed by atoms with Crippen molar-refractivity contribution >= 4 is 57.3 Å². The molecule has 35 heavy (non-hydrogen) atoms. The first-order chi connectivity index (χ1) is 17.1. The first kappa shape index (κ1) is 23.6. The van der Waals surface area contributed by atoms with Crippen molar-refractivity contribution < 1.29 is 9.21 Å². The highest BCUT2D eigenvalue weighted by molar-refractivity contribution is 7.99. The van der Waals surface area contributed by atoms with Crippen LogP contribution in [0.1, 0.15) is 10.4 Å². The molecule has 0 unspecified atom stereocenters. The molecule has 2 aromatic carbocycles. The van der Waals surface area contributed by atoms with E-state index in [0.29, 0.717) is 38.3 Å². The highest BCUT2D eigenvalue weighted by Gasteiger charge is 2.19. The standard InChI is InChI=1S/C24H17Cl2N5O2S2/c25-16-9-8-15(19(26)12-16)11-18-13-27-23(35-18)28-21(32)14-34-24-30-29-22(20-7-4-10-33-20)31(24)17-5-2-1-3-6-17/h1-10,12-13H,11,14H2,(H,27,28,32). The summed E-state index contributed by atoms with van der Waals surface area (Å²) in [6.45, 7) is 0. The van der Waals surface area contributed by atoms with E-state index in [-0.39, 0.29) is 11.7 Å². The zero-order valence-corrected chi connectivity index (χ0v) is 21.2. The van der Waals surface area contributed by atoms with Gasteiger partial charge in [0.25, 0.3) is 0 Å². The summed E-state index contributed by atoms with van der Waals surface area (Å²) >= 11 is 14.9. The van der Waals surface area contributed by atoms with Gasteiger partial charge in [-0.05, 0) is 42.0 Å². The van der Waals surface area contributed by atoms with E-state index in [9.17, 15) is 4.79 Å². The Morgan fingerprint density at radius 3 is 2.71 bits per heavy atom. The summed E-state index contributed by atoms with van der Waals surface area (Å²) in [4.78, 5) is 17.9. The van der Waals surface area contributed by atoms with Gasteiger partial charge in [-0.25, -0.2) is 4.98 Å². The topological polar surface area (TPSA) is 85.8 Å². The van der Waals surface area contributed by atoms with Gasteiger partial charge in [0.15, 0.2) is 16.0 Å². The van der Waals surface area contributed by atoms with Crippen LogP contribution < -0.4 is 5.32 Å². The van der Waals surface area contributed by atoms with Gasteiger partial charge in [0.05, 0.1) is 12.0 Å². The molecule has 0 radical (unpaired) electrons. The number of carbonyl (C=O) groups is 1. The quantitative estimate of drug-likeness (QED) is 0.222. The summed E-state index contributed by atoms with van der Waals surface area (Å²) in [6.07, 6.45) is 3.93. The lowest BCUT2D eigenvalue weighted by Crippen LogP contribution is -2.14. The minimum atomic E-state index is -0.192. The Balaban J connectivity index is 1.26. The second-order valence-corrected chi connectivity index (χ2v) is 10.2. The molecule has 176 valence electrons. The zero-order valence-electron chi connectivity index (χ0n) is 18.0. The highest BCUT2D eigenvalue weighted by Crippen LogP contribution is 2.29. The van der Waals surface area contributed by atoms with Crippen LogP contribution in [0.2, 0.25) is 10.0 Å². The number of nitrogens with zero attached hydrogens (tertiary/aromatic N) is 4. The van der Waals surface area contributed by atoms with E-state index in [0.717, 1.165) is 16.1 Å². The Bertz CT molecular complexity index is 1450. The molecular formula is C24H17Cl2N5O2S2. The predicted molar refractivity (Wildman–Crippen MR) is 140 cm³/mol. The number of hydrogen-bond acceptors (Lipinski definition) is 7. The van der Waals surface area contributed by atoms with E-state index in [1.165, 1.54) is 23.1 Å². The summed E-state index contributed by atoms with van der Waals surface area (Å²) in [5, 5.41) is 13.7. The van der Waals surface area contributed by atoms with Crippen LogP contribution in [-0.4, -0.2) is 31.4 Å². The molecule has 0 atom stereocenters. The summed E-state index contributed by atoms with van der Waals surface area (Å²) in [6, 6.07) is 18.7. The normalized spacial score (nSPS) is 11.0. The number of hydrogen-bond donors (Lipinski definition) is 1. The van der Waals surface area contributed by atoms with E-state index in [4.69, 9.17) is 27.6 Å². The Morgan fingerprint density at radius 2 is 1.94 bits per heavy atom. The van der Waals surface area contributed by atoms with Gasteiger partial charge in [-0.1, -0.05) is 59.2 Å². The number of carbonyl (C=O) groups excluding carboxylic acids is 1. The number of thiazole rings is 1. The van der Waals surface area contributed by atoms with Crippen molar-refractivity contribution in [3.63, 3.8) is 0 Å². The third kappa shape index (κ3) is 5.59. The maximum absolute atomic E-state index is 12.7. The monoisotopic (exact) mass is 541 g/mol. The highest BCUT2D eigenvalue weighted by atomic mass is 35.5. The Morgan fingerprint density at radius 1 is 1.09 bits per heavy atom. The molecule has 0 fully saturated rings. The lowest BCUT2D eigenvalue weighted by atomic mass is 10.1.